The Morgan fingerprint density at radius 3 is 2.78 bits per heavy atom. The van der Waals surface area contributed by atoms with E-state index < -0.39 is 0 Å². The lowest BCUT2D eigenvalue weighted by molar-refractivity contribution is -0.131. The minimum absolute atomic E-state index is 0.327. The van der Waals surface area contributed by atoms with Crippen molar-refractivity contribution in [2.75, 3.05) is 32.8 Å². The van der Waals surface area contributed by atoms with Gasteiger partial charge >= 0.3 is 0 Å². The fourth-order valence-corrected chi connectivity index (χ4v) is 5.23. The van der Waals surface area contributed by atoms with Crippen molar-refractivity contribution in [1.29, 1.82) is 0 Å². The zero-order valence-electron chi connectivity index (χ0n) is 13.7. The van der Waals surface area contributed by atoms with E-state index in [1.165, 1.54) is 24.3 Å². The number of fused-ring (bicyclic) bond motifs is 1. The van der Waals surface area contributed by atoms with E-state index in [1.807, 2.05) is 6.07 Å². The van der Waals surface area contributed by atoms with Gasteiger partial charge in [0.15, 0.2) is 0 Å². The van der Waals surface area contributed by atoms with Gasteiger partial charge in [-0.05, 0) is 43.0 Å². The van der Waals surface area contributed by atoms with Crippen LogP contribution in [-0.4, -0.2) is 60.6 Å². The first-order chi connectivity index (χ1) is 11.3. The first-order valence-electron chi connectivity index (χ1n) is 8.95. The minimum Gasteiger partial charge on any atom is -0.381 e. The normalized spacial score (nSPS) is 29.1. The largest absolute Gasteiger partial charge is 0.381 e. The Bertz CT molecular complexity index is 527. The van der Waals surface area contributed by atoms with E-state index in [0.29, 0.717) is 24.4 Å². The molecular formula is C18H26N2O2S. The number of thiophene rings is 1. The van der Waals surface area contributed by atoms with Gasteiger partial charge in [-0.3, -0.25) is 9.69 Å². The Morgan fingerprint density at radius 2 is 2.00 bits per heavy atom. The summed E-state index contributed by atoms with van der Waals surface area (Å²) in [5.74, 6) is 1.12. The Hall–Kier alpha value is -0.910. The number of carbonyl (C=O) groups excluding carboxylic acids is 1. The molecule has 0 aliphatic carbocycles. The number of hydrogen-bond donors (Lipinski definition) is 0. The molecule has 4 rings (SSSR count). The lowest BCUT2D eigenvalue weighted by Crippen LogP contribution is -2.41. The van der Waals surface area contributed by atoms with Crippen LogP contribution in [0, 0.1) is 5.92 Å². The molecule has 0 unspecified atom stereocenters. The average molecular weight is 334 g/mol. The zero-order chi connectivity index (χ0) is 15.6. The van der Waals surface area contributed by atoms with Gasteiger partial charge in [0, 0.05) is 49.8 Å². The molecular weight excluding hydrogens is 308 g/mol. The molecule has 4 nitrogen and oxygen atoms in total. The van der Waals surface area contributed by atoms with Gasteiger partial charge in [-0.2, -0.15) is 0 Å². The third-order valence-electron chi connectivity index (χ3n) is 5.75. The minimum atomic E-state index is 0.327. The predicted molar refractivity (Wildman–Crippen MR) is 91.7 cm³/mol. The molecule has 0 bridgehead atoms. The lowest BCUT2D eigenvalue weighted by Gasteiger charge is -2.30. The van der Waals surface area contributed by atoms with Crippen molar-refractivity contribution in [2.45, 2.75) is 44.2 Å². The summed E-state index contributed by atoms with van der Waals surface area (Å²) >= 11 is 1.69. The van der Waals surface area contributed by atoms with Gasteiger partial charge in [0.2, 0.25) is 5.91 Å². The summed E-state index contributed by atoms with van der Waals surface area (Å²) in [6.07, 6.45) is 5.30. The van der Waals surface area contributed by atoms with Crippen LogP contribution in [0.1, 0.15) is 30.6 Å². The van der Waals surface area contributed by atoms with Crippen LogP contribution in [0.3, 0.4) is 0 Å². The van der Waals surface area contributed by atoms with E-state index in [1.54, 1.807) is 11.3 Å². The molecule has 5 heteroatoms. The molecule has 0 aromatic carbocycles. The van der Waals surface area contributed by atoms with Gasteiger partial charge in [0.05, 0.1) is 6.42 Å². The molecule has 3 aliphatic rings. The van der Waals surface area contributed by atoms with Crippen molar-refractivity contribution in [3.63, 3.8) is 0 Å². The highest BCUT2D eigenvalue weighted by Gasteiger charge is 2.44. The Balaban J connectivity index is 1.34. The molecule has 3 saturated heterocycles. The maximum atomic E-state index is 12.6. The highest BCUT2D eigenvalue weighted by molar-refractivity contribution is 7.10. The first kappa shape index (κ1) is 15.6. The predicted octanol–water partition coefficient (Wildman–Crippen LogP) is 2.39. The van der Waals surface area contributed by atoms with E-state index in [4.69, 9.17) is 4.74 Å². The summed E-state index contributed by atoms with van der Waals surface area (Å²) < 4.78 is 5.48. The standard InChI is InChI=1S/C18H26N2O2S/c21-18(12-15-2-1-11-23-15)20-8-4-16-17(20)3-7-19(16)13-14-5-9-22-10-6-14/h1-2,11,14,16-17H,3-10,12-13H2/t16-,17-/m0/s1. The van der Waals surface area contributed by atoms with Crippen molar-refractivity contribution >= 4 is 17.2 Å². The number of nitrogens with zero attached hydrogens (tertiary/aromatic N) is 2. The van der Waals surface area contributed by atoms with E-state index in [9.17, 15) is 4.79 Å². The Kier molecular flexibility index (Phi) is 4.69. The second-order valence-corrected chi connectivity index (χ2v) is 8.14. The van der Waals surface area contributed by atoms with Crippen LogP contribution in [0.2, 0.25) is 0 Å². The molecule has 3 aliphatic heterocycles. The monoisotopic (exact) mass is 334 g/mol. The molecule has 0 radical (unpaired) electrons. The van der Waals surface area contributed by atoms with Gasteiger partial charge in [-0.15, -0.1) is 11.3 Å². The highest BCUT2D eigenvalue weighted by Crippen LogP contribution is 2.33. The summed E-state index contributed by atoms with van der Waals surface area (Å²) in [5, 5.41) is 2.06. The van der Waals surface area contributed by atoms with E-state index in [-0.39, 0.29) is 0 Å². The lowest BCUT2D eigenvalue weighted by atomic mass is 9.99. The molecule has 0 spiro atoms. The van der Waals surface area contributed by atoms with Crippen molar-refractivity contribution in [3.8, 4) is 0 Å². The third-order valence-corrected chi connectivity index (χ3v) is 6.63. The molecule has 1 aromatic heterocycles. The van der Waals surface area contributed by atoms with Crippen LogP contribution in [0.5, 0.6) is 0 Å². The fourth-order valence-electron chi connectivity index (χ4n) is 4.54. The number of amides is 1. The highest BCUT2D eigenvalue weighted by atomic mass is 32.1. The van der Waals surface area contributed by atoms with Gasteiger partial charge in [0.1, 0.15) is 0 Å². The van der Waals surface area contributed by atoms with Crippen LogP contribution in [0.15, 0.2) is 17.5 Å². The third kappa shape index (κ3) is 3.32. The number of hydrogen-bond acceptors (Lipinski definition) is 4. The molecule has 4 heterocycles. The Morgan fingerprint density at radius 1 is 1.17 bits per heavy atom. The molecule has 2 atom stereocenters. The number of rotatable bonds is 4. The smallest absolute Gasteiger partial charge is 0.228 e. The van der Waals surface area contributed by atoms with E-state index in [2.05, 4.69) is 21.2 Å². The molecule has 23 heavy (non-hydrogen) atoms. The maximum absolute atomic E-state index is 12.6. The van der Waals surface area contributed by atoms with Gasteiger partial charge < -0.3 is 9.64 Å². The first-order valence-corrected chi connectivity index (χ1v) is 9.83. The van der Waals surface area contributed by atoms with Crippen LogP contribution < -0.4 is 0 Å². The maximum Gasteiger partial charge on any atom is 0.228 e. The topological polar surface area (TPSA) is 32.8 Å². The number of ether oxygens (including phenoxy) is 1. The van der Waals surface area contributed by atoms with Crippen molar-refractivity contribution in [1.82, 2.24) is 9.80 Å². The summed E-state index contributed by atoms with van der Waals surface area (Å²) in [5.41, 5.74) is 0. The summed E-state index contributed by atoms with van der Waals surface area (Å²) in [6, 6.07) is 5.17. The van der Waals surface area contributed by atoms with Gasteiger partial charge in [0.25, 0.3) is 0 Å². The molecule has 0 N–H and O–H groups in total. The zero-order valence-corrected chi connectivity index (χ0v) is 14.5. The van der Waals surface area contributed by atoms with Gasteiger partial charge in [-0.25, -0.2) is 0 Å². The molecule has 0 saturated carbocycles. The van der Waals surface area contributed by atoms with E-state index in [0.717, 1.165) is 45.1 Å². The van der Waals surface area contributed by atoms with Crippen LogP contribution in [0.25, 0.3) is 0 Å². The molecule has 1 aromatic rings. The van der Waals surface area contributed by atoms with Crippen LogP contribution >= 0.6 is 11.3 Å². The summed E-state index contributed by atoms with van der Waals surface area (Å²) in [7, 11) is 0. The summed E-state index contributed by atoms with van der Waals surface area (Å²) in [6.45, 7) is 5.17. The fraction of sp³-hybridized carbons (Fsp3) is 0.722. The molecule has 3 fully saturated rings. The quantitative estimate of drug-likeness (QED) is 0.848. The molecule has 1 amide bonds. The number of carbonyl (C=O) groups is 1. The van der Waals surface area contributed by atoms with Crippen molar-refractivity contribution in [3.05, 3.63) is 22.4 Å². The SMILES string of the molecule is O=C(Cc1cccs1)N1CC[C@H]2[C@@H]1CCN2CC1CCOCC1. The Labute approximate surface area is 142 Å². The second-order valence-electron chi connectivity index (χ2n) is 7.11. The second kappa shape index (κ2) is 6.91. The summed E-state index contributed by atoms with van der Waals surface area (Å²) in [4.78, 5) is 18.7. The average Bonchev–Trinajstić information content (AvgIpc) is 3.27. The number of likely N-dealkylation sites (tertiary alicyclic amines) is 2. The van der Waals surface area contributed by atoms with Crippen LogP contribution in [-0.2, 0) is 16.0 Å². The van der Waals surface area contributed by atoms with Crippen LogP contribution in [0.4, 0.5) is 0 Å². The van der Waals surface area contributed by atoms with Crippen molar-refractivity contribution in [2.24, 2.45) is 5.92 Å². The van der Waals surface area contributed by atoms with Gasteiger partial charge in [-0.1, -0.05) is 6.07 Å². The molecule has 126 valence electrons. The van der Waals surface area contributed by atoms with E-state index >= 15 is 0 Å². The van der Waals surface area contributed by atoms with Crippen molar-refractivity contribution < 1.29 is 9.53 Å².